The van der Waals surface area contributed by atoms with E-state index in [9.17, 15) is 19.5 Å². The van der Waals surface area contributed by atoms with Gasteiger partial charge < -0.3 is 19.9 Å². The van der Waals surface area contributed by atoms with Gasteiger partial charge in [0.05, 0.1) is 5.52 Å². The number of rotatable bonds is 4. The van der Waals surface area contributed by atoms with Crippen molar-refractivity contribution in [3.8, 4) is 11.1 Å². The van der Waals surface area contributed by atoms with E-state index in [0.29, 0.717) is 16.8 Å². The van der Waals surface area contributed by atoms with Gasteiger partial charge in [-0.05, 0) is 67.5 Å². The van der Waals surface area contributed by atoms with Crippen LogP contribution >= 0.6 is 0 Å². The molecule has 0 spiro atoms. The molecule has 2 N–H and O–H groups in total. The van der Waals surface area contributed by atoms with Gasteiger partial charge in [-0.2, -0.15) is 0 Å². The van der Waals surface area contributed by atoms with Crippen molar-refractivity contribution in [2.24, 2.45) is 0 Å². The van der Waals surface area contributed by atoms with E-state index in [2.05, 4.69) is 17.4 Å². The zero-order valence-corrected chi connectivity index (χ0v) is 23.3. The molecule has 2 aliphatic carbocycles. The van der Waals surface area contributed by atoms with Crippen molar-refractivity contribution < 1.29 is 29.0 Å². The topological polar surface area (TPSA) is 107 Å². The zero-order valence-electron chi connectivity index (χ0n) is 23.3. The third-order valence-electron chi connectivity index (χ3n) is 8.03. The summed E-state index contributed by atoms with van der Waals surface area (Å²) in [5.74, 6) is -1.29. The molecule has 1 atom stereocenters. The molecule has 4 aromatic rings. The van der Waals surface area contributed by atoms with Crippen LogP contribution in [0, 0.1) is 0 Å². The van der Waals surface area contributed by atoms with E-state index in [0.717, 1.165) is 27.6 Å². The molecule has 6 rings (SSSR count). The second-order valence-corrected chi connectivity index (χ2v) is 11.8. The van der Waals surface area contributed by atoms with Gasteiger partial charge in [-0.3, -0.25) is 0 Å². The second-order valence-electron chi connectivity index (χ2n) is 11.8. The molecule has 41 heavy (non-hydrogen) atoms. The Kier molecular flexibility index (Phi) is 6.36. The van der Waals surface area contributed by atoms with Crippen molar-refractivity contribution in [2.45, 2.75) is 57.1 Å². The molecule has 8 nitrogen and oxygen atoms in total. The lowest BCUT2D eigenvalue weighted by Gasteiger charge is -2.34. The number of hydrogen-bond donors (Lipinski definition) is 2. The van der Waals surface area contributed by atoms with E-state index in [4.69, 9.17) is 9.47 Å². The highest BCUT2D eigenvalue weighted by Gasteiger charge is 2.46. The van der Waals surface area contributed by atoms with Crippen LogP contribution in [0.5, 0.6) is 0 Å². The van der Waals surface area contributed by atoms with Crippen molar-refractivity contribution in [2.75, 3.05) is 6.61 Å². The fraction of sp³-hybridized carbons (Fsp3) is 0.303. The molecule has 210 valence electrons. The maximum atomic E-state index is 13.2. The molecular weight excluding hydrogens is 520 g/mol. The number of carboxylic acid groups (broad SMARTS) is 1. The predicted octanol–water partition coefficient (Wildman–Crippen LogP) is 6.28. The van der Waals surface area contributed by atoms with Crippen LogP contribution in [0.1, 0.15) is 55.5 Å². The predicted molar refractivity (Wildman–Crippen MR) is 154 cm³/mol. The van der Waals surface area contributed by atoms with Crippen molar-refractivity contribution in [1.29, 1.82) is 0 Å². The lowest BCUT2D eigenvalue weighted by Crippen LogP contribution is -2.58. The summed E-state index contributed by atoms with van der Waals surface area (Å²) in [5, 5.41) is 13.8. The molecule has 0 aliphatic heterocycles. The van der Waals surface area contributed by atoms with Crippen LogP contribution in [-0.2, 0) is 27.1 Å². The number of amides is 1. The average Bonchev–Trinajstić information content (AvgIpc) is 3.43. The molecule has 0 saturated carbocycles. The van der Waals surface area contributed by atoms with Gasteiger partial charge in [-0.25, -0.2) is 19.0 Å². The van der Waals surface area contributed by atoms with E-state index < -0.39 is 29.3 Å². The monoisotopic (exact) mass is 552 g/mol. The van der Waals surface area contributed by atoms with Gasteiger partial charge in [-0.15, -0.1) is 0 Å². The van der Waals surface area contributed by atoms with Crippen LogP contribution in [0.4, 0.5) is 9.59 Å². The van der Waals surface area contributed by atoms with Crippen molar-refractivity contribution in [3.05, 3.63) is 95.2 Å². The highest BCUT2D eigenvalue weighted by Crippen LogP contribution is 2.44. The Morgan fingerprint density at radius 2 is 1.56 bits per heavy atom. The van der Waals surface area contributed by atoms with Crippen LogP contribution in [0.3, 0.4) is 0 Å². The Labute approximate surface area is 237 Å². The lowest BCUT2D eigenvalue weighted by molar-refractivity contribution is -0.145. The fourth-order valence-corrected chi connectivity index (χ4v) is 6.23. The summed E-state index contributed by atoms with van der Waals surface area (Å²) in [5.41, 5.74) is 4.15. The first-order chi connectivity index (χ1) is 19.6. The van der Waals surface area contributed by atoms with Gasteiger partial charge in [0, 0.05) is 23.4 Å². The number of benzene rings is 3. The first kappa shape index (κ1) is 26.6. The number of aromatic nitrogens is 1. The van der Waals surface area contributed by atoms with E-state index in [1.807, 2.05) is 60.7 Å². The highest BCUT2D eigenvalue weighted by atomic mass is 16.6. The molecule has 0 bridgehead atoms. The van der Waals surface area contributed by atoms with Crippen molar-refractivity contribution >= 4 is 29.1 Å². The van der Waals surface area contributed by atoms with Gasteiger partial charge in [0.2, 0.25) is 0 Å². The SMILES string of the molecule is CC(C)(C)OC(=O)n1c2c(c3ccccc31)C[C@](NC(=O)OCC1c3ccccc3-c3ccccc31)(C(=O)O)CC2. The fourth-order valence-electron chi connectivity index (χ4n) is 6.23. The minimum absolute atomic E-state index is 0.0121. The number of hydrogen-bond acceptors (Lipinski definition) is 5. The summed E-state index contributed by atoms with van der Waals surface area (Å²) < 4.78 is 12.9. The minimum atomic E-state index is -1.58. The van der Waals surface area contributed by atoms with E-state index in [1.54, 1.807) is 20.8 Å². The van der Waals surface area contributed by atoms with Gasteiger partial charge >= 0.3 is 18.2 Å². The number of fused-ring (bicyclic) bond motifs is 6. The molecule has 0 fully saturated rings. The molecule has 1 aromatic heterocycles. The number of ether oxygens (including phenoxy) is 2. The first-order valence-electron chi connectivity index (χ1n) is 13.8. The molecule has 1 amide bonds. The largest absolute Gasteiger partial charge is 0.479 e. The minimum Gasteiger partial charge on any atom is -0.479 e. The van der Waals surface area contributed by atoms with E-state index >= 15 is 0 Å². The van der Waals surface area contributed by atoms with Gasteiger partial charge in [0.25, 0.3) is 0 Å². The molecule has 0 radical (unpaired) electrons. The summed E-state index contributed by atoms with van der Waals surface area (Å²) in [4.78, 5) is 39.1. The zero-order chi connectivity index (χ0) is 28.9. The lowest BCUT2D eigenvalue weighted by atomic mass is 9.79. The standard InChI is InChI=1S/C33H32N2O6/c1-32(2,3)41-31(39)35-27-15-9-8-14-24(27)25-18-33(29(36)37,17-16-28(25)35)34-30(38)40-19-26-22-12-6-4-10-20(22)21-11-5-7-13-23(21)26/h4-15,26H,16-19H2,1-3H3,(H,34,38)(H,36,37)/t33-/m0/s1. The number of para-hydroxylation sites is 1. The molecule has 2 aliphatic rings. The Balaban J connectivity index is 1.26. The van der Waals surface area contributed by atoms with Crippen LogP contribution in [0.25, 0.3) is 22.0 Å². The Morgan fingerprint density at radius 3 is 2.20 bits per heavy atom. The summed E-state index contributed by atoms with van der Waals surface area (Å²) in [6.07, 6.45) is -0.924. The number of aliphatic carboxylic acids is 1. The Bertz CT molecular complexity index is 1650. The number of carboxylic acids is 1. The Morgan fingerprint density at radius 1 is 0.951 bits per heavy atom. The normalized spacial score (nSPS) is 17.8. The van der Waals surface area contributed by atoms with Crippen LogP contribution < -0.4 is 5.32 Å². The highest BCUT2D eigenvalue weighted by molar-refractivity contribution is 5.95. The summed E-state index contributed by atoms with van der Waals surface area (Å²) >= 11 is 0. The third-order valence-corrected chi connectivity index (χ3v) is 8.03. The number of alkyl carbamates (subject to hydrolysis) is 1. The number of nitrogens with zero attached hydrogens (tertiary/aromatic N) is 1. The van der Waals surface area contributed by atoms with Gasteiger partial charge in [-0.1, -0.05) is 66.7 Å². The van der Waals surface area contributed by atoms with Gasteiger partial charge in [0.1, 0.15) is 17.7 Å². The first-order valence-corrected chi connectivity index (χ1v) is 13.8. The Hall–Kier alpha value is -4.59. The summed E-state index contributed by atoms with van der Waals surface area (Å²) in [6, 6.07) is 23.4. The van der Waals surface area contributed by atoms with Crippen LogP contribution in [0.15, 0.2) is 72.8 Å². The maximum absolute atomic E-state index is 13.2. The molecule has 0 saturated heterocycles. The average molecular weight is 553 g/mol. The van der Waals surface area contributed by atoms with E-state index in [1.165, 1.54) is 4.57 Å². The molecule has 0 unspecified atom stereocenters. The maximum Gasteiger partial charge on any atom is 0.419 e. The smallest absolute Gasteiger partial charge is 0.419 e. The van der Waals surface area contributed by atoms with Crippen LogP contribution in [0.2, 0.25) is 0 Å². The van der Waals surface area contributed by atoms with Crippen molar-refractivity contribution in [3.63, 3.8) is 0 Å². The molecular formula is C33H32N2O6. The quantitative estimate of drug-likeness (QED) is 0.309. The van der Waals surface area contributed by atoms with Gasteiger partial charge in [0.15, 0.2) is 0 Å². The van der Waals surface area contributed by atoms with E-state index in [-0.39, 0.29) is 31.8 Å². The summed E-state index contributed by atoms with van der Waals surface area (Å²) in [7, 11) is 0. The van der Waals surface area contributed by atoms with Crippen LogP contribution in [-0.4, -0.2) is 45.6 Å². The van der Waals surface area contributed by atoms with Crippen molar-refractivity contribution in [1.82, 2.24) is 9.88 Å². The number of carbonyl (C=O) groups is 3. The summed E-state index contributed by atoms with van der Waals surface area (Å²) in [6.45, 7) is 5.49. The molecule has 1 heterocycles. The third kappa shape index (κ3) is 4.63. The molecule has 8 heteroatoms. The second kappa shape index (κ2) is 9.80. The number of nitrogens with one attached hydrogen (secondary N) is 1. The number of carbonyl (C=O) groups excluding carboxylic acids is 2. The molecule has 3 aromatic carbocycles.